The van der Waals surface area contributed by atoms with E-state index in [0.29, 0.717) is 5.52 Å². The largest absolute Gasteiger partial charge is 0.506 e. The van der Waals surface area contributed by atoms with Crippen molar-refractivity contribution >= 4 is 10.9 Å². The van der Waals surface area contributed by atoms with Crippen LogP contribution in [0.25, 0.3) is 10.9 Å². The predicted octanol–water partition coefficient (Wildman–Crippen LogP) is 3.08. The van der Waals surface area contributed by atoms with E-state index in [1.807, 2.05) is 6.07 Å². The zero-order chi connectivity index (χ0) is 20.5. The summed E-state index contributed by atoms with van der Waals surface area (Å²) < 4.78 is 1.27. The number of para-hydroxylation sites is 1. The maximum Gasteiger partial charge on any atom is 0.253 e. The number of nitrogens with one attached hydrogen (secondary N) is 1. The van der Waals surface area contributed by atoms with Crippen LogP contribution in [0.15, 0.2) is 47.3 Å². The second-order valence-corrected chi connectivity index (χ2v) is 7.85. The molecular weight excluding hydrogens is 364 g/mol. The first-order valence-corrected chi connectivity index (χ1v) is 10.4. The van der Waals surface area contributed by atoms with Crippen LogP contribution in [-0.2, 0) is 25.7 Å². The number of aromatic hydroxyl groups is 1. The zero-order valence-electron chi connectivity index (χ0n) is 17.0. The van der Waals surface area contributed by atoms with Crippen LogP contribution in [0.1, 0.15) is 42.3 Å². The van der Waals surface area contributed by atoms with Gasteiger partial charge < -0.3 is 15.5 Å². The third-order valence-electron chi connectivity index (χ3n) is 6.03. The first-order valence-electron chi connectivity index (χ1n) is 10.4. The van der Waals surface area contributed by atoms with Gasteiger partial charge in [-0.05, 0) is 60.1 Å². The summed E-state index contributed by atoms with van der Waals surface area (Å²) in [6, 6.07) is 13.1. The molecule has 29 heavy (non-hydrogen) atoms. The maximum atomic E-state index is 12.4. The summed E-state index contributed by atoms with van der Waals surface area (Å²) in [5, 5.41) is 25.1. The fourth-order valence-corrected chi connectivity index (χ4v) is 4.53. The van der Waals surface area contributed by atoms with Crippen LogP contribution in [0.2, 0.25) is 0 Å². The van der Waals surface area contributed by atoms with Crippen molar-refractivity contribution in [1.29, 1.82) is 0 Å². The van der Waals surface area contributed by atoms with E-state index in [4.69, 9.17) is 0 Å². The molecule has 152 valence electrons. The van der Waals surface area contributed by atoms with Crippen molar-refractivity contribution in [2.45, 2.75) is 51.8 Å². The third-order valence-corrected chi connectivity index (χ3v) is 6.03. The third kappa shape index (κ3) is 3.68. The van der Waals surface area contributed by atoms with E-state index in [-0.39, 0.29) is 23.9 Å². The molecule has 0 saturated heterocycles. The molecule has 3 N–H and O–H groups in total. The number of nitrogens with zero attached hydrogens (tertiary/aromatic N) is 1. The molecule has 1 heterocycles. The fourth-order valence-electron chi connectivity index (χ4n) is 4.53. The number of phenolic OH excluding ortho intramolecular Hbond substituents is 1. The molecule has 0 bridgehead atoms. The maximum absolute atomic E-state index is 12.4. The van der Waals surface area contributed by atoms with Crippen LogP contribution in [0.3, 0.4) is 0 Å². The number of rotatable bonds is 6. The van der Waals surface area contributed by atoms with Gasteiger partial charge in [-0.2, -0.15) is 0 Å². The molecule has 4 rings (SSSR count). The second-order valence-electron chi connectivity index (χ2n) is 7.85. The van der Waals surface area contributed by atoms with Crippen molar-refractivity contribution in [3.63, 3.8) is 0 Å². The quantitative estimate of drug-likeness (QED) is 0.603. The molecule has 3 aromatic rings. The molecule has 1 atom stereocenters. The van der Waals surface area contributed by atoms with E-state index >= 15 is 0 Å². The van der Waals surface area contributed by atoms with E-state index in [1.165, 1.54) is 39.0 Å². The number of phenols is 1. The Bertz CT molecular complexity index is 1070. The number of benzene rings is 2. The molecule has 2 aromatic carbocycles. The van der Waals surface area contributed by atoms with E-state index in [1.54, 1.807) is 12.1 Å². The van der Waals surface area contributed by atoms with Gasteiger partial charge in [0.2, 0.25) is 0 Å². The van der Waals surface area contributed by atoms with Gasteiger partial charge in [0.1, 0.15) is 12.0 Å². The van der Waals surface area contributed by atoms with Crippen molar-refractivity contribution in [3.05, 3.63) is 75.1 Å². The number of pyridine rings is 1. The number of aliphatic hydroxyl groups is 1. The highest BCUT2D eigenvalue weighted by atomic mass is 16.3. The van der Waals surface area contributed by atoms with Gasteiger partial charge in [0, 0.05) is 24.0 Å². The molecule has 0 fully saturated rings. The van der Waals surface area contributed by atoms with Crippen LogP contribution < -0.4 is 10.9 Å². The smallest absolute Gasteiger partial charge is 0.253 e. The molecule has 5 nitrogen and oxygen atoms in total. The Hall–Kier alpha value is -2.63. The lowest BCUT2D eigenvalue weighted by atomic mass is 9.97. The van der Waals surface area contributed by atoms with Gasteiger partial charge in [0.05, 0.1) is 5.52 Å². The molecule has 0 saturated carbocycles. The summed E-state index contributed by atoms with van der Waals surface area (Å²) in [5.74, 6) is -0.00767. The van der Waals surface area contributed by atoms with Gasteiger partial charge in [-0.1, -0.05) is 38.1 Å². The minimum absolute atomic E-state index is 0.00767. The molecule has 0 aliphatic heterocycles. The van der Waals surface area contributed by atoms with Crippen molar-refractivity contribution in [3.8, 4) is 5.75 Å². The van der Waals surface area contributed by atoms with Crippen molar-refractivity contribution in [2.24, 2.45) is 0 Å². The van der Waals surface area contributed by atoms with Crippen LogP contribution in [0, 0.1) is 0 Å². The highest BCUT2D eigenvalue weighted by Crippen LogP contribution is 2.28. The van der Waals surface area contributed by atoms with E-state index in [9.17, 15) is 15.0 Å². The standard InChI is InChI=1S/C24H28N2O3/c1-3-15-10-18-12-20(13-19(18)11-16(15)4-2)25-14-23(29)26-22(28)9-8-17-6-5-7-21(27)24(17)26/h5-11,20,23,25,27,29H,3-4,12-14H2,1-2H3/t23-/m0/s1. The second kappa shape index (κ2) is 8.01. The Morgan fingerprint density at radius 1 is 1.07 bits per heavy atom. The lowest BCUT2D eigenvalue weighted by Gasteiger charge is -2.20. The molecule has 1 aliphatic carbocycles. The molecule has 0 spiro atoms. The highest BCUT2D eigenvalue weighted by molar-refractivity contribution is 5.84. The first kappa shape index (κ1) is 19.7. The van der Waals surface area contributed by atoms with Crippen molar-refractivity contribution < 1.29 is 10.2 Å². The molecule has 0 unspecified atom stereocenters. The molecule has 1 aromatic heterocycles. The summed E-state index contributed by atoms with van der Waals surface area (Å²) in [4.78, 5) is 12.4. The van der Waals surface area contributed by atoms with E-state index in [0.717, 1.165) is 31.1 Å². The number of aryl methyl sites for hydroxylation is 2. The number of hydrogen-bond donors (Lipinski definition) is 3. The molecule has 0 radical (unpaired) electrons. The summed E-state index contributed by atoms with van der Waals surface area (Å²) in [6.45, 7) is 4.63. The lowest BCUT2D eigenvalue weighted by molar-refractivity contribution is 0.1000. The molecule has 5 heteroatoms. The number of aliphatic hydroxyl groups excluding tert-OH is 1. The summed E-state index contributed by atoms with van der Waals surface area (Å²) in [5.41, 5.74) is 5.64. The molecular formula is C24H28N2O3. The van der Waals surface area contributed by atoms with Crippen molar-refractivity contribution in [1.82, 2.24) is 9.88 Å². The summed E-state index contributed by atoms with van der Waals surface area (Å²) in [6.07, 6.45) is 2.88. The highest BCUT2D eigenvalue weighted by Gasteiger charge is 2.24. The van der Waals surface area contributed by atoms with Crippen LogP contribution in [0.5, 0.6) is 5.75 Å². The van der Waals surface area contributed by atoms with E-state index in [2.05, 4.69) is 31.3 Å². The molecule has 0 amide bonds. The van der Waals surface area contributed by atoms with Gasteiger partial charge in [0.25, 0.3) is 5.56 Å². The fraction of sp³-hybridized carbons (Fsp3) is 0.375. The topological polar surface area (TPSA) is 74.5 Å². The average molecular weight is 392 g/mol. The lowest BCUT2D eigenvalue weighted by Crippen LogP contribution is -2.37. The molecule has 1 aliphatic rings. The Balaban J connectivity index is 1.51. The minimum atomic E-state index is -1.05. The van der Waals surface area contributed by atoms with E-state index < -0.39 is 6.23 Å². The van der Waals surface area contributed by atoms with Crippen LogP contribution >= 0.6 is 0 Å². The Kier molecular flexibility index (Phi) is 5.43. The summed E-state index contributed by atoms with van der Waals surface area (Å²) >= 11 is 0. The van der Waals surface area contributed by atoms with Gasteiger partial charge in [-0.3, -0.25) is 9.36 Å². The Labute approximate surface area is 170 Å². The number of hydrogen-bond acceptors (Lipinski definition) is 4. The van der Waals surface area contributed by atoms with Crippen LogP contribution in [-0.4, -0.2) is 27.4 Å². The SMILES string of the molecule is CCc1cc2c(cc1CC)CC(NC[C@H](O)n1c(=O)ccc3cccc(O)c31)C2. The Morgan fingerprint density at radius 3 is 2.34 bits per heavy atom. The van der Waals surface area contributed by atoms with Gasteiger partial charge in [0.15, 0.2) is 0 Å². The Morgan fingerprint density at radius 2 is 1.72 bits per heavy atom. The monoisotopic (exact) mass is 392 g/mol. The van der Waals surface area contributed by atoms with Gasteiger partial charge in [-0.15, -0.1) is 0 Å². The normalized spacial score (nSPS) is 15.0. The average Bonchev–Trinajstić information content (AvgIpc) is 3.13. The van der Waals surface area contributed by atoms with Crippen molar-refractivity contribution in [2.75, 3.05) is 6.54 Å². The number of aromatic nitrogens is 1. The predicted molar refractivity (Wildman–Crippen MR) is 116 cm³/mol. The van der Waals surface area contributed by atoms with Gasteiger partial charge in [-0.25, -0.2) is 0 Å². The van der Waals surface area contributed by atoms with Crippen LogP contribution in [0.4, 0.5) is 0 Å². The summed E-state index contributed by atoms with van der Waals surface area (Å²) in [7, 11) is 0. The zero-order valence-corrected chi connectivity index (χ0v) is 17.0. The van der Waals surface area contributed by atoms with Gasteiger partial charge >= 0.3 is 0 Å². The first-order chi connectivity index (χ1) is 14.0. The number of fused-ring (bicyclic) bond motifs is 2. The minimum Gasteiger partial charge on any atom is -0.506 e.